The SMILES string of the molecule is CCC(C)(COOCC1C2CCC(C2)C1C(=O)O)C(=O)OC. The molecule has 2 saturated carbocycles. The van der Waals surface area contributed by atoms with Crippen LogP contribution in [0.25, 0.3) is 0 Å². The molecule has 2 aliphatic rings. The van der Waals surface area contributed by atoms with Crippen molar-refractivity contribution in [3.63, 3.8) is 0 Å². The van der Waals surface area contributed by atoms with Crippen molar-refractivity contribution >= 4 is 11.9 Å². The van der Waals surface area contributed by atoms with Gasteiger partial charge in [-0.1, -0.05) is 6.92 Å². The first kappa shape index (κ1) is 17.2. The first-order valence-electron chi connectivity index (χ1n) is 7.98. The van der Waals surface area contributed by atoms with Crippen molar-refractivity contribution in [3.05, 3.63) is 0 Å². The maximum Gasteiger partial charge on any atom is 0.313 e. The van der Waals surface area contributed by atoms with Gasteiger partial charge < -0.3 is 9.84 Å². The molecule has 0 saturated heterocycles. The van der Waals surface area contributed by atoms with E-state index in [1.165, 1.54) is 7.11 Å². The van der Waals surface area contributed by atoms with Crippen molar-refractivity contribution in [1.29, 1.82) is 0 Å². The maximum absolute atomic E-state index is 11.7. The van der Waals surface area contributed by atoms with Crippen molar-refractivity contribution in [2.75, 3.05) is 20.3 Å². The fourth-order valence-electron chi connectivity index (χ4n) is 3.89. The first-order valence-corrected chi connectivity index (χ1v) is 7.98. The molecule has 5 unspecified atom stereocenters. The summed E-state index contributed by atoms with van der Waals surface area (Å²) in [5, 5.41) is 9.38. The Kier molecular flexibility index (Phi) is 5.45. The molecule has 22 heavy (non-hydrogen) atoms. The number of methoxy groups -OCH3 is 1. The Morgan fingerprint density at radius 1 is 1.23 bits per heavy atom. The third-order valence-electron chi connectivity index (χ3n) is 5.55. The molecule has 0 aromatic rings. The molecule has 126 valence electrons. The summed E-state index contributed by atoms with van der Waals surface area (Å²) in [7, 11) is 1.35. The van der Waals surface area contributed by atoms with E-state index in [1.54, 1.807) is 6.92 Å². The molecule has 5 atom stereocenters. The summed E-state index contributed by atoms with van der Waals surface area (Å²) >= 11 is 0. The Balaban J connectivity index is 1.81. The Bertz CT molecular complexity index is 423. The maximum atomic E-state index is 11.7. The molecule has 2 bridgehead atoms. The Labute approximate surface area is 131 Å². The molecule has 0 heterocycles. The smallest absolute Gasteiger partial charge is 0.313 e. The fraction of sp³-hybridized carbons (Fsp3) is 0.875. The number of carbonyl (C=O) groups is 2. The quantitative estimate of drug-likeness (QED) is 0.320. The van der Waals surface area contributed by atoms with Crippen LogP contribution in [0.15, 0.2) is 0 Å². The van der Waals surface area contributed by atoms with Crippen molar-refractivity contribution in [2.24, 2.45) is 29.1 Å². The lowest BCUT2D eigenvalue weighted by Gasteiger charge is -2.28. The molecule has 0 spiro atoms. The van der Waals surface area contributed by atoms with Gasteiger partial charge >= 0.3 is 11.9 Å². The minimum absolute atomic E-state index is 0.0160. The lowest BCUT2D eigenvalue weighted by Crippen LogP contribution is -2.35. The molecule has 0 radical (unpaired) electrons. The summed E-state index contributed by atoms with van der Waals surface area (Å²) in [6, 6.07) is 0. The van der Waals surface area contributed by atoms with Crippen LogP contribution in [0.1, 0.15) is 39.5 Å². The predicted octanol–water partition coefficient (Wildman–Crippen LogP) is 2.27. The summed E-state index contributed by atoms with van der Waals surface area (Å²) in [6.07, 6.45) is 3.65. The Morgan fingerprint density at radius 2 is 1.91 bits per heavy atom. The van der Waals surface area contributed by atoms with Crippen LogP contribution in [-0.4, -0.2) is 37.4 Å². The molecule has 0 aromatic heterocycles. The third kappa shape index (κ3) is 3.27. The van der Waals surface area contributed by atoms with Crippen molar-refractivity contribution in [2.45, 2.75) is 39.5 Å². The van der Waals surface area contributed by atoms with Crippen LogP contribution in [-0.2, 0) is 24.1 Å². The number of aliphatic carboxylic acids is 1. The number of carboxylic acids is 1. The monoisotopic (exact) mass is 314 g/mol. The number of esters is 1. The van der Waals surface area contributed by atoms with Gasteiger partial charge in [0, 0.05) is 5.92 Å². The summed E-state index contributed by atoms with van der Waals surface area (Å²) in [5.74, 6) is -0.654. The number of ether oxygens (including phenoxy) is 1. The van der Waals surface area contributed by atoms with E-state index >= 15 is 0 Å². The second kappa shape index (κ2) is 6.96. The zero-order valence-corrected chi connectivity index (χ0v) is 13.5. The largest absolute Gasteiger partial charge is 0.481 e. The predicted molar refractivity (Wildman–Crippen MR) is 77.8 cm³/mol. The molecule has 0 amide bonds. The number of hydrogen-bond donors (Lipinski definition) is 1. The van der Waals surface area contributed by atoms with Crippen LogP contribution >= 0.6 is 0 Å². The van der Waals surface area contributed by atoms with Gasteiger partial charge in [-0.3, -0.25) is 9.59 Å². The minimum Gasteiger partial charge on any atom is -0.481 e. The number of carboxylic acid groups (broad SMARTS) is 1. The summed E-state index contributed by atoms with van der Waals surface area (Å²) in [5.41, 5.74) is -0.740. The van der Waals surface area contributed by atoms with E-state index in [2.05, 4.69) is 0 Å². The molecular weight excluding hydrogens is 288 g/mol. The molecule has 2 aliphatic carbocycles. The lowest BCUT2D eigenvalue weighted by molar-refractivity contribution is -0.317. The average molecular weight is 314 g/mol. The second-order valence-corrected chi connectivity index (χ2v) is 6.81. The van der Waals surface area contributed by atoms with Gasteiger partial charge in [-0.05, 0) is 44.4 Å². The summed E-state index contributed by atoms with van der Waals surface area (Å²) < 4.78 is 4.77. The molecule has 0 aromatic carbocycles. The highest BCUT2D eigenvalue weighted by molar-refractivity contribution is 5.76. The molecule has 6 heteroatoms. The molecule has 2 rings (SSSR count). The van der Waals surface area contributed by atoms with Crippen LogP contribution in [0.5, 0.6) is 0 Å². The van der Waals surface area contributed by atoms with Crippen LogP contribution in [0.4, 0.5) is 0 Å². The van der Waals surface area contributed by atoms with Gasteiger partial charge in [0.25, 0.3) is 0 Å². The van der Waals surface area contributed by atoms with Gasteiger partial charge in [-0.15, -0.1) is 0 Å². The standard InChI is InChI=1S/C16H26O6/c1-4-16(2,15(19)20-3)9-22-21-8-12-10-5-6-11(7-10)13(12)14(17)18/h10-13H,4-9H2,1-3H3,(H,17,18). The lowest BCUT2D eigenvalue weighted by atomic mass is 9.80. The van der Waals surface area contributed by atoms with Crippen molar-refractivity contribution in [3.8, 4) is 0 Å². The number of rotatable bonds is 8. The van der Waals surface area contributed by atoms with Gasteiger partial charge in [-0.2, -0.15) is 0 Å². The highest BCUT2D eigenvalue weighted by Gasteiger charge is 2.51. The topological polar surface area (TPSA) is 82.1 Å². The Morgan fingerprint density at radius 3 is 2.50 bits per heavy atom. The van der Waals surface area contributed by atoms with E-state index in [0.29, 0.717) is 12.3 Å². The number of hydrogen-bond acceptors (Lipinski definition) is 5. The van der Waals surface area contributed by atoms with E-state index < -0.39 is 11.4 Å². The highest BCUT2D eigenvalue weighted by Crippen LogP contribution is 2.52. The van der Waals surface area contributed by atoms with Gasteiger partial charge in [0.1, 0.15) is 0 Å². The van der Waals surface area contributed by atoms with Crippen LogP contribution in [0, 0.1) is 29.1 Å². The zero-order valence-electron chi connectivity index (χ0n) is 13.5. The normalized spacial score (nSPS) is 32.7. The molecule has 6 nitrogen and oxygen atoms in total. The van der Waals surface area contributed by atoms with Crippen molar-refractivity contribution < 1.29 is 29.2 Å². The minimum atomic E-state index is -0.740. The Hall–Kier alpha value is -1.14. The van der Waals surface area contributed by atoms with Gasteiger partial charge in [-0.25, -0.2) is 9.78 Å². The fourth-order valence-corrected chi connectivity index (χ4v) is 3.89. The van der Waals surface area contributed by atoms with Crippen molar-refractivity contribution in [1.82, 2.24) is 0 Å². The third-order valence-corrected chi connectivity index (χ3v) is 5.55. The highest BCUT2D eigenvalue weighted by atomic mass is 17.2. The van der Waals surface area contributed by atoms with E-state index in [9.17, 15) is 14.7 Å². The van der Waals surface area contributed by atoms with E-state index in [1.807, 2.05) is 6.92 Å². The molecule has 0 aliphatic heterocycles. The zero-order chi connectivity index (χ0) is 16.3. The summed E-state index contributed by atoms with van der Waals surface area (Å²) in [4.78, 5) is 33.6. The molecule has 2 fully saturated rings. The van der Waals surface area contributed by atoms with Gasteiger partial charge in [0.2, 0.25) is 0 Å². The summed E-state index contributed by atoms with van der Waals surface area (Å²) in [6.45, 7) is 4.03. The van der Waals surface area contributed by atoms with Crippen LogP contribution in [0.3, 0.4) is 0 Å². The van der Waals surface area contributed by atoms with Crippen LogP contribution in [0.2, 0.25) is 0 Å². The second-order valence-electron chi connectivity index (χ2n) is 6.81. The molecule has 1 N–H and O–H groups in total. The first-order chi connectivity index (χ1) is 10.4. The van der Waals surface area contributed by atoms with Gasteiger partial charge in [0.15, 0.2) is 0 Å². The van der Waals surface area contributed by atoms with Crippen LogP contribution < -0.4 is 0 Å². The molecular formula is C16H26O6. The number of carbonyl (C=O) groups excluding carboxylic acids is 1. The average Bonchev–Trinajstić information content (AvgIpc) is 3.11. The van der Waals surface area contributed by atoms with E-state index in [-0.39, 0.29) is 36.9 Å². The van der Waals surface area contributed by atoms with E-state index in [0.717, 1.165) is 19.3 Å². The van der Waals surface area contributed by atoms with E-state index in [4.69, 9.17) is 14.5 Å². The number of fused-ring (bicyclic) bond motifs is 2. The van der Waals surface area contributed by atoms with Gasteiger partial charge in [0.05, 0.1) is 31.7 Å².